The number of carbonyl (C=O) groups is 2. The first-order chi connectivity index (χ1) is 13.1. The smallest absolute Gasteiger partial charge is 0.225 e. The highest BCUT2D eigenvalue weighted by atomic mass is 16.2. The highest BCUT2D eigenvalue weighted by Gasteiger charge is 2.34. The van der Waals surface area contributed by atoms with Crippen molar-refractivity contribution in [2.24, 2.45) is 5.92 Å². The Kier molecular flexibility index (Phi) is 5.09. The van der Waals surface area contributed by atoms with E-state index >= 15 is 0 Å². The third-order valence-corrected chi connectivity index (χ3v) is 5.82. The molecule has 7 heteroatoms. The lowest BCUT2D eigenvalue weighted by Gasteiger charge is -2.20. The number of hydrogen-bond donors (Lipinski definition) is 1. The number of aromatic nitrogens is 3. The SMILES string of the molecule is CC(=O)NCCn1nc([C@H]2CCN(C(=O)C3CCCC3)C2)c2cccnc21. The summed E-state index contributed by atoms with van der Waals surface area (Å²) in [7, 11) is 0. The van der Waals surface area contributed by atoms with Gasteiger partial charge in [0.15, 0.2) is 5.65 Å². The average Bonchev–Trinajstić information content (AvgIpc) is 3.41. The molecule has 1 aliphatic carbocycles. The first-order valence-electron chi connectivity index (χ1n) is 9.98. The third kappa shape index (κ3) is 3.68. The van der Waals surface area contributed by atoms with Gasteiger partial charge in [-0.25, -0.2) is 9.67 Å². The summed E-state index contributed by atoms with van der Waals surface area (Å²) in [5.74, 6) is 0.778. The second-order valence-corrected chi connectivity index (χ2v) is 7.72. The number of fused-ring (bicyclic) bond motifs is 1. The van der Waals surface area contributed by atoms with E-state index in [2.05, 4.69) is 16.4 Å². The van der Waals surface area contributed by atoms with Gasteiger partial charge >= 0.3 is 0 Å². The highest BCUT2D eigenvalue weighted by Crippen LogP contribution is 2.34. The second-order valence-electron chi connectivity index (χ2n) is 7.72. The fourth-order valence-corrected chi connectivity index (χ4v) is 4.44. The van der Waals surface area contributed by atoms with E-state index in [9.17, 15) is 9.59 Å². The van der Waals surface area contributed by atoms with Crippen LogP contribution in [0.15, 0.2) is 18.3 Å². The van der Waals surface area contributed by atoms with Crippen LogP contribution < -0.4 is 5.32 Å². The molecule has 0 radical (unpaired) electrons. The number of nitrogens with zero attached hydrogens (tertiary/aromatic N) is 4. The molecule has 7 nitrogen and oxygen atoms in total. The fourth-order valence-electron chi connectivity index (χ4n) is 4.44. The minimum absolute atomic E-state index is 0.0449. The van der Waals surface area contributed by atoms with Crippen molar-refractivity contribution in [3.8, 4) is 0 Å². The van der Waals surface area contributed by atoms with Crippen molar-refractivity contribution >= 4 is 22.8 Å². The molecule has 0 spiro atoms. The van der Waals surface area contributed by atoms with Gasteiger partial charge in [-0.05, 0) is 31.4 Å². The lowest BCUT2D eigenvalue weighted by molar-refractivity contribution is -0.134. The molecule has 0 aromatic carbocycles. The molecule has 2 aromatic heterocycles. The first kappa shape index (κ1) is 17.9. The molecule has 1 saturated heterocycles. The van der Waals surface area contributed by atoms with Crippen molar-refractivity contribution in [2.45, 2.75) is 51.5 Å². The van der Waals surface area contributed by atoms with Gasteiger partial charge in [0.05, 0.1) is 12.2 Å². The lowest BCUT2D eigenvalue weighted by Crippen LogP contribution is -2.33. The van der Waals surface area contributed by atoms with Crippen LogP contribution in [-0.4, -0.2) is 51.1 Å². The minimum Gasteiger partial charge on any atom is -0.354 e. The maximum atomic E-state index is 12.7. The van der Waals surface area contributed by atoms with Gasteiger partial charge in [0, 0.05) is 50.0 Å². The van der Waals surface area contributed by atoms with Crippen molar-refractivity contribution < 1.29 is 9.59 Å². The predicted molar refractivity (Wildman–Crippen MR) is 102 cm³/mol. The van der Waals surface area contributed by atoms with Gasteiger partial charge in [-0.1, -0.05) is 12.8 Å². The Balaban J connectivity index is 1.51. The molecule has 1 N–H and O–H groups in total. The summed E-state index contributed by atoms with van der Waals surface area (Å²) in [6, 6.07) is 3.99. The van der Waals surface area contributed by atoms with Crippen molar-refractivity contribution in [1.29, 1.82) is 0 Å². The van der Waals surface area contributed by atoms with Gasteiger partial charge < -0.3 is 10.2 Å². The first-order valence-corrected chi connectivity index (χ1v) is 9.98. The molecule has 2 fully saturated rings. The Morgan fingerprint density at radius 2 is 2.07 bits per heavy atom. The van der Waals surface area contributed by atoms with Crippen LogP contribution in [0.25, 0.3) is 11.0 Å². The van der Waals surface area contributed by atoms with Gasteiger partial charge in [-0.15, -0.1) is 0 Å². The van der Waals surface area contributed by atoms with Crippen LogP contribution in [0.3, 0.4) is 0 Å². The summed E-state index contributed by atoms with van der Waals surface area (Å²) in [6.07, 6.45) is 7.18. The number of nitrogens with one attached hydrogen (secondary N) is 1. The van der Waals surface area contributed by atoms with Crippen LogP contribution in [0, 0.1) is 5.92 Å². The van der Waals surface area contributed by atoms with Gasteiger partial charge in [-0.2, -0.15) is 5.10 Å². The minimum atomic E-state index is -0.0449. The van der Waals surface area contributed by atoms with Crippen LogP contribution in [-0.2, 0) is 16.1 Å². The molecule has 0 bridgehead atoms. The molecule has 2 aromatic rings. The summed E-state index contributed by atoms with van der Waals surface area (Å²) in [6.45, 7) is 4.20. The Morgan fingerprint density at radius 3 is 2.85 bits per heavy atom. The van der Waals surface area contributed by atoms with Crippen LogP contribution in [0.5, 0.6) is 0 Å². The normalized spacial score (nSPS) is 20.5. The van der Waals surface area contributed by atoms with Gasteiger partial charge in [0.2, 0.25) is 11.8 Å². The van der Waals surface area contributed by atoms with Crippen molar-refractivity contribution in [2.75, 3.05) is 19.6 Å². The van der Waals surface area contributed by atoms with E-state index in [0.29, 0.717) is 19.0 Å². The molecule has 4 rings (SSSR count). The second kappa shape index (κ2) is 7.66. The van der Waals surface area contributed by atoms with Crippen LogP contribution in [0.4, 0.5) is 0 Å². The summed E-state index contributed by atoms with van der Waals surface area (Å²) < 4.78 is 1.88. The number of rotatable bonds is 5. The van der Waals surface area contributed by atoms with Crippen molar-refractivity contribution in [3.63, 3.8) is 0 Å². The maximum absolute atomic E-state index is 12.7. The van der Waals surface area contributed by atoms with E-state index in [1.807, 2.05) is 15.6 Å². The molecular formula is C20H27N5O2. The largest absolute Gasteiger partial charge is 0.354 e. The maximum Gasteiger partial charge on any atom is 0.225 e. The Morgan fingerprint density at radius 1 is 1.26 bits per heavy atom. The molecule has 0 unspecified atom stereocenters. The molecule has 144 valence electrons. The van der Waals surface area contributed by atoms with E-state index in [0.717, 1.165) is 49.1 Å². The number of amides is 2. The number of pyridine rings is 1. The standard InChI is InChI=1S/C20H27N5O2/c1-14(26)21-10-12-25-19-17(7-4-9-22-19)18(23-25)16-8-11-24(13-16)20(27)15-5-2-3-6-15/h4,7,9,15-16H,2-3,5-6,8,10-13H2,1H3,(H,21,26)/t16-/m0/s1. The molecular weight excluding hydrogens is 342 g/mol. The van der Waals surface area contributed by atoms with Gasteiger partial charge in [-0.3, -0.25) is 9.59 Å². The zero-order valence-corrected chi connectivity index (χ0v) is 15.9. The Hall–Kier alpha value is -2.44. The Bertz CT molecular complexity index is 840. The van der Waals surface area contributed by atoms with Crippen LogP contribution in [0.1, 0.15) is 50.6 Å². The topological polar surface area (TPSA) is 80.1 Å². The average molecular weight is 369 g/mol. The molecule has 2 amide bonds. The molecule has 1 saturated carbocycles. The molecule has 1 atom stereocenters. The van der Waals surface area contributed by atoms with Crippen molar-refractivity contribution in [3.05, 3.63) is 24.0 Å². The highest BCUT2D eigenvalue weighted by molar-refractivity contribution is 5.81. The van der Waals surface area contributed by atoms with Crippen LogP contribution in [0.2, 0.25) is 0 Å². The van der Waals surface area contributed by atoms with E-state index in [4.69, 9.17) is 5.10 Å². The molecule has 1 aliphatic heterocycles. The van der Waals surface area contributed by atoms with E-state index in [1.165, 1.54) is 19.8 Å². The monoisotopic (exact) mass is 369 g/mol. The summed E-state index contributed by atoms with van der Waals surface area (Å²) in [5, 5.41) is 8.69. The molecule has 3 heterocycles. The van der Waals surface area contributed by atoms with Crippen molar-refractivity contribution in [1.82, 2.24) is 25.0 Å². The zero-order valence-electron chi connectivity index (χ0n) is 15.9. The van der Waals surface area contributed by atoms with E-state index in [-0.39, 0.29) is 17.7 Å². The summed E-state index contributed by atoms with van der Waals surface area (Å²) >= 11 is 0. The quantitative estimate of drug-likeness (QED) is 0.875. The summed E-state index contributed by atoms with van der Waals surface area (Å²) in [4.78, 5) is 30.4. The van der Waals surface area contributed by atoms with Crippen LogP contribution >= 0.6 is 0 Å². The number of carbonyl (C=O) groups excluding carboxylic acids is 2. The zero-order chi connectivity index (χ0) is 18.8. The van der Waals surface area contributed by atoms with E-state index in [1.54, 1.807) is 6.20 Å². The van der Waals surface area contributed by atoms with E-state index < -0.39 is 0 Å². The lowest BCUT2D eigenvalue weighted by atomic mass is 10.0. The van der Waals surface area contributed by atoms with Gasteiger partial charge in [0.1, 0.15) is 0 Å². The fraction of sp³-hybridized carbons (Fsp3) is 0.600. The van der Waals surface area contributed by atoms with Gasteiger partial charge in [0.25, 0.3) is 0 Å². The molecule has 2 aliphatic rings. The summed E-state index contributed by atoms with van der Waals surface area (Å²) in [5.41, 5.74) is 1.88. The predicted octanol–water partition coefficient (Wildman–Crippen LogP) is 2.07. The molecule has 27 heavy (non-hydrogen) atoms. The Labute approximate surface area is 159 Å². The third-order valence-electron chi connectivity index (χ3n) is 5.82. The number of likely N-dealkylation sites (tertiary alicyclic amines) is 1. The number of hydrogen-bond acceptors (Lipinski definition) is 4.